The molecule has 7 heteroatoms. The van der Waals surface area contributed by atoms with Gasteiger partial charge in [-0.1, -0.05) is 18.2 Å². The van der Waals surface area contributed by atoms with Crippen molar-refractivity contribution in [2.24, 2.45) is 0 Å². The molecule has 2 aromatic rings. The molecule has 1 N–H and O–H groups in total. The third-order valence-corrected chi connectivity index (χ3v) is 5.47. The van der Waals surface area contributed by atoms with E-state index in [1.165, 1.54) is 0 Å². The van der Waals surface area contributed by atoms with Gasteiger partial charge in [-0.05, 0) is 87.3 Å². The quantitative estimate of drug-likeness (QED) is 0.431. The average Bonchev–Trinajstić information content (AvgIpc) is 2.79. The van der Waals surface area contributed by atoms with Crippen molar-refractivity contribution in [2.45, 2.75) is 0 Å². The van der Waals surface area contributed by atoms with Crippen LogP contribution >= 0.6 is 56.9 Å². The van der Waals surface area contributed by atoms with Crippen LogP contribution in [0, 0.1) is 7.14 Å². The minimum absolute atomic E-state index is 0.109. The van der Waals surface area contributed by atoms with Crippen LogP contribution in [0.15, 0.2) is 47.4 Å². The lowest BCUT2D eigenvalue weighted by Gasteiger charge is -2.11. The summed E-state index contributed by atoms with van der Waals surface area (Å²) in [6.07, 6.45) is 1.56. The molecule has 1 heterocycles. The van der Waals surface area contributed by atoms with Gasteiger partial charge in [-0.15, -0.1) is 0 Å². The zero-order valence-electron chi connectivity index (χ0n) is 11.5. The zero-order valence-corrected chi connectivity index (χ0v) is 16.6. The van der Waals surface area contributed by atoms with Gasteiger partial charge in [0.1, 0.15) is 5.75 Å². The number of carbonyl (C=O) groups is 2. The van der Waals surface area contributed by atoms with Gasteiger partial charge in [0.2, 0.25) is 0 Å². The van der Waals surface area contributed by atoms with Gasteiger partial charge < -0.3 is 5.11 Å². The second kappa shape index (κ2) is 6.81. The first-order chi connectivity index (χ1) is 11.0. The van der Waals surface area contributed by atoms with Crippen molar-refractivity contribution < 1.29 is 14.7 Å². The van der Waals surface area contributed by atoms with E-state index in [2.05, 4.69) is 22.6 Å². The smallest absolute Gasteiger partial charge is 0.298 e. The Labute approximate surface area is 164 Å². The van der Waals surface area contributed by atoms with Crippen LogP contribution in [0.4, 0.5) is 10.5 Å². The molecule has 1 aliphatic rings. The zero-order chi connectivity index (χ0) is 16.6. The minimum atomic E-state index is -0.375. The molecule has 0 saturated carbocycles. The van der Waals surface area contributed by atoms with Crippen molar-refractivity contribution in [3.8, 4) is 5.75 Å². The summed E-state index contributed by atoms with van der Waals surface area (Å²) < 4.78 is 1.64. The van der Waals surface area contributed by atoms with E-state index in [0.29, 0.717) is 19.7 Å². The topological polar surface area (TPSA) is 57.6 Å². The summed E-state index contributed by atoms with van der Waals surface area (Å²) in [5.41, 5.74) is 1.07. The molecule has 0 radical (unpaired) electrons. The van der Waals surface area contributed by atoms with E-state index in [1.54, 1.807) is 36.4 Å². The highest BCUT2D eigenvalue weighted by atomic mass is 127. The fourth-order valence-corrected chi connectivity index (χ4v) is 4.83. The summed E-state index contributed by atoms with van der Waals surface area (Å²) in [6.45, 7) is 0. The van der Waals surface area contributed by atoms with Crippen LogP contribution in [0.5, 0.6) is 5.75 Å². The summed E-state index contributed by atoms with van der Waals surface area (Å²) in [5.74, 6) is -0.267. The largest absolute Gasteiger partial charge is 0.506 e. The van der Waals surface area contributed by atoms with E-state index in [0.717, 1.165) is 20.2 Å². The van der Waals surface area contributed by atoms with Gasteiger partial charge in [0, 0.05) is 9.13 Å². The number of nitrogens with zero attached hydrogens (tertiary/aromatic N) is 1. The number of amides is 2. The monoisotopic (exact) mass is 549 g/mol. The van der Waals surface area contributed by atoms with Crippen molar-refractivity contribution in [3.63, 3.8) is 0 Å². The van der Waals surface area contributed by atoms with Crippen LogP contribution in [-0.2, 0) is 4.79 Å². The lowest BCUT2D eigenvalue weighted by atomic mass is 10.2. The van der Waals surface area contributed by atoms with Crippen LogP contribution < -0.4 is 4.90 Å². The summed E-state index contributed by atoms with van der Waals surface area (Å²) in [4.78, 5) is 26.1. The van der Waals surface area contributed by atoms with Gasteiger partial charge in [-0.25, -0.2) is 4.90 Å². The van der Waals surface area contributed by atoms with Crippen LogP contribution in [0.3, 0.4) is 0 Å². The summed E-state index contributed by atoms with van der Waals surface area (Å²) in [7, 11) is 0. The first-order valence-electron chi connectivity index (χ1n) is 6.48. The second-order valence-electron chi connectivity index (χ2n) is 4.68. The Kier molecular flexibility index (Phi) is 4.97. The molecule has 3 rings (SSSR count). The van der Waals surface area contributed by atoms with E-state index in [9.17, 15) is 14.7 Å². The SMILES string of the molecule is O=C1S/C(=C\c2cc(I)cc(I)c2O)C(=O)N1c1ccccc1. The second-order valence-corrected chi connectivity index (χ2v) is 8.08. The molecule has 1 aliphatic heterocycles. The fraction of sp³-hybridized carbons (Fsp3) is 0. The number of hydrogen-bond donors (Lipinski definition) is 1. The number of benzene rings is 2. The number of hydrogen-bond acceptors (Lipinski definition) is 4. The molecule has 0 spiro atoms. The fourth-order valence-electron chi connectivity index (χ4n) is 2.10. The van der Waals surface area contributed by atoms with Gasteiger partial charge in [0.05, 0.1) is 14.2 Å². The molecule has 1 fully saturated rings. The highest BCUT2D eigenvalue weighted by molar-refractivity contribution is 14.1. The molecule has 2 aromatic carbocycles. The molecule has 0 aromatic heterocycles. The lowest BCUT2D eigenvalue weighted by molar-refractivity contribution is -0.113. The maximum absolute atomic E-state index is 12.5. The molecule has 4 nitrogen and oxygen atoms in total. The van der Waals surface area contributed by atoms with Crippen molar-refractivity contribution in [1.82, 2.24) is 0 Å². The first kappa shape index (κ1) is 16.8. The number of aromatic hydroxyl groups is 1. The third kappa shape index (κ3) is 3.41. The minimum Gasteiger partial charge on any atom is -0.506 e. The van der Waals surface area contributed by atoms with E-state index in [4.69, 9.17) is 0 Å². The van der Waals surface area contributed by atoms with Crippen LogP contribution in [0.2, 0.25) is 0 Å². The summed E-state index contributed by atoms with van der Waals surface area (Å²) in [5, 5.41) is 9.80. The Morgan fingerprint density at radius 2 is 1.78 bits per heavy atom. The Bertz CT molecular complexity index is 837. The third-order valence-electron chi connectivity index (χ3n) is 3.15. The van der Waals surface area contributed by atoms with E-state index >= 15 is 0 Å². The van der Waals surface area contributed by atoms with Crippen molar-refractivity contribution >= 4 is 79.9 Å². The number of thioether (sulfide) groups is 1. The van der Waals surface area contributed by atoms with Gasteiger partial charge in [0.25, 0.3) is 11.1 Å². The Hall–Kier alpha value is -1.07. The predicted molar refractivity (Wildman–Crippen MR) is 108 cm³/mol. The number of rotatable bonds is 2. The van der Waals surface area contributed by atoms with E-state index < -0.39 is 0 Å². The number of halogens is 2. The van der Waals surface area contributed by atoms with Gasteiger partial charge >= 0.3 is 0 Å². The Morgan fingerprint density at radius 1 is 1.09 bits per heavy atom. The Balaban J connectivity index is 2.00. The van der Waals surface area contributed by atoms with Crippen molar-refractivity contribution in [2.75, 3.05) is 4.90 Å². The van der Waals surface area contributed by atoms with E-state index in [1.807, 2.05) is 34.7 Å². The molecule has 0 unspecified atom stereocenters. The summed E-state index contributed by atoms with van der Waals surface area (Å²) in [6, 6.07) is 12.4. The molecule has 23 heavy (non-hydrogen) atoms. The Morgan fingerprint density at radius 3 is 2.48 bits per heavy atom. The van der Waals surface area contributed by atoms with E-state index in [-0.39, 0.29) is 16.9 Å². The maximum Gasteiger partial charge on any atom is 0.298 e. The number of carbonyl (C=O) groups excluding carboxylic acids is 2. The molecular formula is C16H9I2NO3S. The normalized spacial score (nSPS) is 16.4. The molecule has 2 amide bonds. The molecule has 0 atom stereocenters. The first-order valence-corrected chi connectivity index (χ1v) is 9.46. The summed E-state index contributed by atoms with van der Waals surface area (Å²) >= 11 is 5.05. The van der Waals surface area contributed by atoms with Crippen LogP contribution in [0.25, 0.3) is 6.08 Å². The van der Waals surface area contributed by atoms with Gasteiger partial charge in [-0.2, -0.15) is 0 Å². The van der Waals surface area contributed by atoms with Gasteiger partial charge in [-0.3, -0.25) is 9.59 Å². The molecule has 0 bridgehead atoms. The molecule has 1 saturated heterocycles. The van der Waals surface area contributed by atoms with Crippen molar-refractivity contribution in [1.29, 1.82) is 0 Å². The van der Waals surface area contributed by atoms with Crippen LogP contribution in [0.1, 0.15) is 5.56 Å². The highest BCUT2D eigenvalue weighted by Gasteiger charge is 2.36. The number of imide groups is 1. The van der Waals surface area contributed by atoms with Crippen LogP contribution in [-0.4, -0.2) is 16.3 Å². The highest BCUT2D eigenvalue weighted by Crippen LogP contribution is 2.37. The van der Waals surface area contributed by atoms with Crippen molar-refractivity contribution in [3.05, 3.63) is 60.1 Å². The molecule has 116 valence electrons. The number of phenols is 1. The standard InChI is InChI=1S/C16H9I2NO3S/c17-10-6-9(14(20)12(18)8-10)7-13-15(21)19(16(22)23-13)11-4-2-1-3-5-11/h1-8,20H/b13-7-. The number of para-hydroxylation sites is 1. The average molecular weight is 549 g/mol. The molecule has 0 aliphatic carbocycles. The maximum atomic E-state index is 12.5. The number of phenolic OH excluding ortho intramolecular Hbond substituents is 1. The number of anilines is 1. The molecular weight excluding hydrogens is 540 g/mol. The predicted octanol–water partition coefficient (Wildman–Crippen LogP) is 4.84. The lowest BCUT2D eigenvalue weighted by Crippen LogP contribution is -2.27. The van der Waals surface area contributed by atoms with Gasteiger partial charge in [0.15, 0.2) is 0 Å².